The lowest BCUT2D eigenvalue weighted by Crippen LogP contribution is -2.35. The Morgan fingerprint density at radius 2 is 1.84 bits per heavy atom. The first-order valence-electron chi connectivity index (χ1n) is 10.5. The number of H-pyrrole nitrogens is 1. The number of amides is 1. The average Bonchev–Trinajstić information content (AvgIpc) is 3.21. The van der Waals surface area contributed by atoms with Crippen LogP contribution < -0.4 is 15.2 Å². The number of hydrogen-bond donors (Lipinski definition) is 1. The van der Waals surface area contributed by atoms with Crippen LogP contribution >= 0.6 is 0 Å². The van der Waals surface area contributed by atoms with E-state index < -0.39 is 0 Å². The van der Waals surface area contributed by atoms with Crippen molar-refractivity contribution in [2.75, 3.05) is 12.0 Å². The molecule has 32 heavy (non-hydrogen) atoms. The Balaban J connectivity index is 1.78. The lowest BCUT2D eigenvalue weighted by molar-refractivity contribution is -0.120. The summed E-state index contributed by atoms with van der Waals surface area (Å²) in [5, 5.41) is 2.98. The van der Waals surface area contributed by atoms with Gasteiger partial charge in [0.25, 0.3) is 11.3 Å². The fourth-order valence-electron chi connectivity index (χ4n) is 3.82. The van der Waals surface area contributed by atoms with Crippen molar-refractivity contribution < 1.29 is 9.53 Å². The van der Waals surface area contributed by atoms with Crippen molar-refractivity contribution in [3.05, 3.63) is 88.1 Å². The lowest BCUT2D eigenvalue weighted by atomic mass is 9.94. The van der Waals surface area contributed by atoms with Crippen LogP contribution in [0.5, 0.6) is 5.75 Å². The van der Waals surface area contributed by atoms with Gasteiger partial charge in [-0.3, -0.25) is 14.7 Å². The van der Waals surface area contributed by atoms with Crippen molar-refractivity contribution in [2.45, 2.75) is 32.7 Å². The molecule has 0 aliphatic carbocycles. The third-order valence-electron chi connectivity index (χ3n) is 5.36. The summed E-state index contributed by atoms with van der Waals surface area (Å²) in [5.74, 6) is 0.870. The summed E-state index contributed by atoms with van der Waals surface area (Å²) in [5.41, 5.74) is 1.90. The maximum Gasteiger partial charge on any atom is 0.274 e. The highest BCUT2D eigenvalue weighted by Gasteiger charge is 2.28. The van der Waals surface area contributed by atoms with E-state index in [2.05, 4.69) is 15.1 Å². The van der Waals surface area contributed by atoms with E-state index in [0.29, 0.717) is 29.4 Å². The smallest absolute Gasteiger partial charge is 0.274 e. The van der Waals surface area contributed by atoms with Gasteiger partial charge < -0.3 is 9.64 Å². The van der Waals surface area contributed by atoms with Gasteiger partial charge in [0.1, 0.15) is 11.6 Å². The summed E-state index contributed by atoms with van der Waals surface area (Å²) in [6.07, 6.45) is 0.634. The second kappa shape index (κ2) is 9.05. The van der Waals surface area contributed by atoms with E-state index in [1.54, 1.807) is 18.9 Å². The molecule has 4 aromatic rings. The first-order chi connectivity index (χ1) is 15.5. The van der Waals surface area contributed by atoms with Gasteiger partial charge in [-0.25, -0.2) is 4.98 Å². The number of para-hydroxylation sites is 2. The second-order valence-electron chi connectivity index (χ2n) is 7.51. The molecule has 0 saturated carbocycles. The second-order valence-corrected chi connectivity index (χ2v) is 7.51. The van der Waals surface area contributed by atoms with Gasteiger partial charge in [-0.15, -0.1) is 0 Å². The third-order valence-corrected chi connectivity index (χ3v) is 5.36. The zero-order chi connectivity index (χ0) is 22.7. The molecular formula is C24H25N5O3. The molecule has 0 aliphatic heterocycles. The van der Waals surface area contributed by atoms with Crippen LogP contribution in [0.25, 0.3) is 5.78 Å². The maximum absolute atomic E-state index is 13.8. The number of benzene rings is 2. The molecule has 0 bridgehead atoms. The molecule has 8 heteroatoms. The van der Waals surface area contributed by atoms with E-state index >= 15 is 0 Å². The van der Waals surface area contributed by atoms with Crippen molar-refractivity contribution in [3.63, 3.8) is 0 Å². The molecule has 0 aliphatic rings. The average molecular weight is 431 g/mol. The Labute approximate surface area is 185 Å². The molecule has 0 radical (unpaired) electrons. The highest BCUT2D eigenvalue weighted by Crippen LogP contribution is 2.32. The molecule has 2 aromatic carbocycles. The number of carbonyl (C=O) groups excluding carboxylic acids is 1. The number of methoxy groups -OCH3 is 1. The van der Waals surface area contributed by atoms with Crippen LogP contribution in [0.3, 0.4) is 0 Å². The minimum Gasteiger partial charge on any atom is -0.495 e. The molecule has 164 valence electrons. The minimum absolute atomic E-state index is 0.0832. The first-order valence-corrected chi connectivity index (χ1v) is 10.5. The Kier molecular flexibility index (Phi) is 6.02. The summed E-state index contributed by atoms with van der Waals surface area (Å²) in [6.45, 7) is 3.86. The monoisotopic (exact) mass is 431 g/mol. The van der Waals surface area contributed by atoms with Crippen LogP contribution in [0.1, 0.15) is 36.3 Å². The normalized spacial score (nSPS) is 12.0. The zero-order valence-electron chi connectivity index (χ0n) is 18.3. The largest absolute Gasteiger partial charge is 0.495 e. The van der Waals surface area contributed by atoms with E-state index in [0.717, 1.165) is 5.56 Å². The minimum atomic E-state index is -0.339. The van der Waals surface area contributed by atoms with Gasteiger partial charge in [-0.2, -0.15) is 9.50 Å². The van der Waals surface area contributed by atoms with Gasteiger partial charge in [-0.05, 0) is 31.0 Å². The number of aromatic amines is 1. The molecule has 2 heterocycles. The third kappa shape index (κ3) is 4.12. The van der Waals surface area contributed by atoms with Crippen LogP contribution in [-0.2, 0) is 11.3 Å². The van der Waals surface area contributed by atoms with Crippen LogP contribution in [-0.4, -0.2) is 32.6 Å². The maximum atomic E-state index is 13.8. The number of nitrogens with zero attached hydrogens (tertiary/aromatic N) is 4. The number of nitrogens with one attached hydrogen (secondary N) is 1. The highest BCUT2D eigenvalue weighted by molar-refractivity contribution is 5.99. The van der Waals surface area contributed by atoms with Crippen molar-refractivity contribution in [1.29, 1.82) is 0 Å². The molecule has 4 rings (SSSR count). The van der Waals surface area contributed by atoms with Crippen molar-refractivity contribution >= 4 is 17.4 Å². The number of ether oxygens (including phenoxy) is 1. The molecule has 1 N–H and O–H groups in total. The van der Waals surface area contributed by atoms with Crippen LogP contribution in [0.4, 0.5) is 5.69 Å². The van der Waals surface area contributed by atoms with Crippen molar-refractivity contribution in [3.8, 4) is 5.75 Å². The van der Waals surface area contributed by atoms with Gasteiger partial charge >= 0.3 is 0 Å². The lowest BCUT2D eigenvalue weighted by Gasteiger charge is -2.28. The van der Waals surface area contributed by atoms with Crippen LogP contribution in [0.2, 0.25) is 0 Å². The van der Waals surface area contributed by atoms with E-state index in [1.165, 1.54) is 10.6 Å². The standard InChI is InChI=1S/C24H25N5O3/c1-4-18(17-10-6-5-7-11-17)23(31)28(19-12-8-9-13-20(19)32-3)15-21-26-24-25-16(2)14-22(30)29(24)27-21/h5-14,18H,4,15H2,1-3H3,(H,25,26,27)/t18-/m1/s1. The van der Waals surface area contributed by atoms with E-state index in [9.17, 15) is 9.59 Å². The predicted molar refractivity (Wildman–Crippen MR) is 122 cm³/mol. The zero-order valence-corrected chi connectivity index (χ0v) is 18.3. The summed E-state index contributed by atoms with van der Waals surface area (Å²) in [4.78, 5) is 36.5. The van der Waals surface area contributed by atoms with Gasteiger partial charge in [0.2, 0.25) is 5.91 Å². The van der Waals surface area contributed by atoms with Crippen LogP contribution in [0.15, 0.2) is 65.5 Å². The van der Waals surface area contributed by atoms with Crippen LogP contribution in [0, 0.1) is 6.92 Å². The van der Waals surface area contributed by atoms with Crippen molar-refractivity contribution in [1.82, 2.24) is 19.6 Å². The van der Waals surface area contributed by atoms with E-state index in [4.69, 9.17) is 4.74 Å². The summed E-state index contributed by atoms with van der Waals surface area (Å²) < 4.78 is 6.81. The molecule has 1 amide bonds. The van der Waals surface area contributed by atoms with Gasteiger partial charge in [0.05, 0.1) is 25.3 Å². The Morgan fingerprint density at radius 3 is 2.56 bits per heavy atom. The molecule has 1 atom stereocenters. The Morgan fingerprint density at radius 1 is 1.12 bits per heavy atom. The Bertz CT molecular complexity index is 1300. The summed E-state index contributed by atoms with van der Waals surface area (Å²) in [7, 11) is 1.57. The number of carbonyl (C=O) groups is 1. The number of anilines is 1. The molecule has 0 fully saturated rings. The fourth-order valence-corrected chi connectivity index (χ4v) is 3.82. The highest BCUT2D eigenvalue weighted by atomic mass is 16.5. The predicted octanol–water partition coefficient (Wildman–Crippen LogP) is 3.46. The van der Waals surface area contributed by atoms with Gasteiger partial charge in [0, 0.05) is 11.8 Å². The van der Waals surface area contributed by atoms with Gasteiger partial charge in [0.15, 0.2) is 0 Å². The molecule has 2 aromatic heterocycles. The number of fused-ring (bicyclic) bond motifs is 1. The number of hydrogen-bond acceptors (Lipinski definition) is 5. The fraction of sp³-hybridized carbons (Fsp3) is 0.250. The molecule has 8 nitrogen and oxygen atoms in total. The number of rotatable bonds is 7. The molecule has 0 saturated heterocycles. The topological polar surface area (TPSA) is 92.6 Å². The molecule has 0 spiro atoms. The SMILES string of the molecule is CC[C@@H](C(=O)N(Cc1nc2nc(C)cc(=O)n2[nH]1)c1ccccc1OC)c1ccccc1. The van der Waals surface area contributed by atoms with Crippen molar-refractivity contribution in [2.24, 2.45) is 0 Å². The summed E-state index contributed by atoms with van der Waals surface area (Å²) >= 11 is 0. The Hall–Kier alpha value is -3.94. The van der Waals surface area contributed by atoms with E-state index in [1.807, 2.05) is 61.5 Å². The first kappa shape index (κ1) is 21.3. The summed E-state index contributed by atoms with van der Waals surface area (Å²) in [6, 6.07) is 18.5. The van der Waals surface area contributed by atoms with Gasteiger partial charge in [-0.1, -0.05) is 49.4 Å². The van der Waals surface area contributed by atoms with E-state index in [-0.39, 0.29) is 29.7 Å². The molecular weight excluding hydrogens is 406 g/mol. The quantitative estimate of drug-likeness (QED) is 0.484. The molecule has 0 unspecified atom stereocenters. The number of aromatic nitrogens is 4. The number of aryl methyl sites for hydroxylation is 1.